The summed E-state index contributed by atoms with van der Waals surface area (Å²) in [5.41, 5.74) is 3.63. The van der Waals surface area contributed by atoms with Gasteiger partial charge in [0.15, 0.2) is 0 Å². The van der Waals surface area contributed by atoms with Gasteiger partial charge in [-0.15, -0.1) is 0 Å². The highest BCUT2D eigenvalue weighted by atomic mass is 16.5. The number of aromatic nitrogens is 3. The molecule has 0 fully saturated rings. The lowest BCUT2D eigenvalue weighted by molar-refractivity contribution is 0.0937. The Morgan fingerprint density at radius 2 is 1.85 bits per heavy atom. The third-order valence-electron chi connectivity index (χ3n) is 4.30. The number of para-hydroxylation sites is 2. The van der Waals surface area contributed by atoms with Crippen molar-refractivity contribution in [3.8, 4) is 11.3 Å². The smallest absolute Gasteiger partial charge is 0.257 e. The van der Waals surface area contributed by atoms with E-state index in [1.165, 1.54) is 0 Å². The average molecular weight is 346 g/mol. The minimum Gasteiger partial charge on any atom is -0.360 e. The quantitative estimate of drug-likeness (QED) is 0.584. The monoisotopic (exact) mass is 346 g/mol. The van der Waals surface area contributed by atoms with E-state index >= 15 is 0 Å². The number of hydrogen-bond acceptors (Lipinski definition) is 4. The van der Waals surface area contributed by atoms with E-state index in [-0.39, 0.29) is 11.9 Å². The summed E-state index contributed by atoms with van der Waals surface area (Å²) in [4.78, 5) is 20.6. The van der Waals surface area contributed by atoms with Gasteiger partial charge in [-0.1, -0.05) is 47.6 Å². The lowest BCUT2D eigenvalue weighted by Gasteiger charge is -2.11. The van der Waals surface area contributed by atoms with E-state index in [2.05, 4.69) is 20.4 Å². The maximum absolute atomic E-state index is 12.9. The second kappa shape index (κ2) is 6.48. The minimum absolute atomic E-state index is 0.240. The van der Waals surface area contributed by atoms with Crippen molar-refractivity contribution in [3.05, 3.63) is 71.7 Å². The lowest BCUT2D eigenvalue weighted by Crippen LogP contribution is -2.28. The lowest BCUT2D eigenvalue weighted by atomic mass is 10.1. The number of aryl methyl sites for hydroxylation is 1. The van der Waals surface area contributed by atoms with Crippen LogP contribution < -0.4 is 5.32 Å². The van der Waals surface area contributed by atoms with Crippen molar-refractivity contribution < 1.29 is 9.32 Å². The molecule has 0 aliphatic carbocycles. The summed E-state index contributed by atoms with van der Waals surface area (Å²) in [6, 6.07) is 17.0. The van der Waals surface area contributed by atoms with Crippen molar-refractivity contribution >= 4 is 16.9 Å². The molecule has 0 aliphatic heterocycles. The maximum atomic E-state index is 12.9. The number of H-pyrrole nitrogens is 1. The summed E-state index contributed by atoms with van der Waals surface area (Å²) in [7, 11) is 0. The van der Waals surface area contributed by atoms with Gasteiger partial charge in [0.2, 0.25) is 0 Å². The second-order valence-corrected chi connectivity index (χ2v) is 6.16. The zero-order chi connectivity index (χ0) is 18.1. The van der Waals surface area contributed by atoms with E-state index in [1.807, 2.05) is 61.5 Å². The van der Waals surface area contributed by atoms with Gasteiger partial charge in [0, 0.05) is 5.56 Å². The molecular weight excluding hydrogens is 328 g/mol. The Morgan fingerprint density at radius 3 is 2.62 bits per heavy atom. The van der Waals surface area contributed by atoms with E-state index in [0.29, 0.717) is 22.8 Å². The third-order valence-corrected chi connectivity index (χ3v) is 4.30. The molecule has 26 heavy (non-hydrogen) atoms. The zero-order valence-corrected chi connectivity index (χ0v) is 14.5. The largest absolute Gasteiger partial charge is 0.360 e. The van der Waals surface area contributed by atoms with Crippen LogP contribution in [0.5, 0.6) is 0 Å². The Labute approximate surface area is 150 Å². The van der Waals surface area contributed by atoms with E-state index in [0.717, 1.165) is 16.6 Å². The zero-order valence-electron chi connectivity index (χ0n) is 14.5. The Kier molecular flexibility index (Phi) is 4.01. The van der Waals surface area contributed by atoms with Gasteiger partial charge in [0.05, 0.1) is 17.1 Å². The van der Waals surface area contributed by atoms with Crippen LogP contribution in [0.15, 0.2) is 59.1 Å². The predicted octanol–water partition coefficient (Wildman–Crippen LogP) is 4.02. The van der Waals surface area contributed by atoms with Crippen LogP contribution in [0, 0.1) is 6.92 Å². The molecular formula is C20H18N4O2. The Morgan fingerprint density at radius 1 is 1.12 bits per heavy atom. The number of imidazole rings is 1. The van der Waals surface area contributed by atoms with Gasteiger partial charge in [0.25, 0.3) is 5.91 Å². The molecule has 4 rings (SSSR count). The fourth-order valence-electron chi connectivity index (χ4n) is 2.95. The van der Waals surface area contributed by atoms with E-state index < -0.39 is 0 Å². The maximum Gasteiger partial charge on any atom is 0.257 e. The summed E-state index contributed by atoms with van der Waals surface area (Å²) in [5.74, 6) is 0.948. The Hall–Kier alpha value is -3.41. The van der Waals surface area contributed by atoms with Crippen LogP contribution in [0.25, 0.3) is 22.3 Å². The van der Waals surface area contributed by atoms with E-state index in [4.69, 9.17) is 4.52 Å². The van der Waals surface area contributed by atoms with Gasteiger partial charge < -0.3 is 14.8 Å². The number of hydrogen-bond donors (Lipinski definition) is 2. The molecule has 1 atom stereocenters. The standard InChI is InChI=1S/C20H18N4O2/c1-12(19-22-15-10-6-7-11-16(15)23-19)21-20(25)17-13(2)26-24-18(17)14-8-4-3-5-9-14/h3-12H,1-2H3,(H,21,25)(H,22,23)/t12-/m0/s1. The molecule has 0 aliphatic rings. The molecule has 0 radical (unpaired) electrons. The number of nitrogens with one attached hydrogen (secondary N) is 2. The van der Waals surface area contributed by atoms with Crippen molar-refractivity contribution in [2.75, 3.05) is 0 Å². The molecule has 0 spiro atoms. The molecule has 2 heterocycles. The highest BCUT2D eigenvalue weighted by Crippen LogP contribution is 2.25. The van der Waals surface area contributed by atoms with Gasteiger partial charge in [-0.3, -0.25) is 4.79 Å². The topological polar surface area (TPSA) is 83.8 Å². The first-order chi connectivity index (χ1) is 12.6. The highest BCUT2D eigenvalue weighted by molar-refractivity contribution is 6.01. The van der Waals surface area contributed by atoms with Crippen LogP contribution >= 0.6 is 0 Å². The van der Waals surface area contributed by atoms with E-state index in [1.54, 1.807) is 6.92 Å². The number of amides is 1. The van der Waals surface area contributed by atoms with Crippen molar-refractivity contribution in [3.63, 3.8) is 0 Å². The average Bonchev–Trinajstić information content (AvgIpc) is 3.26. The molecule has 4 aromatic rings. The van der Waals surface area contributed by atoms with Crippen LogP contribution in [0.2, 0.25) is 0 Å². The second-order valence-electron chi connectivity index (χ2n) is 6.16. The first kappa shape index (κ1) is 16.1. The van der Waals surface area contributed by atoms with Crippen LogP contribution in [0.4, 0.5) is 0 Å². The molecule has 6 nitrogen and oxygen atoms in total. The number of carbonyl (C=O) groups excluding carboxylic acids is 1. The molecule has 0 unspecified atom stereocenters. The van der Waals surface area contributed by atoms with Crippen LogP contribution in [-0.4, -0.2) is 21.0 Å². The molecule has 2 aromatic heterocycles. The molecule has 6 heteroatoms. The predicted molar refractivity (Wildman–Crippen MR) is 98.7 cm³/mol. The summed E-state index contributed by atoms with van der Waals surface area (Å²) < 4.78 is 5.27. The number of rotatable bonds is 4. The molecule has 0 saturated carbocycles. The summed E-state index contributed by atoms with van der Waals surface area (Å²) in [5, 5.41) is 7.04. The molecule has 1 amide bonds. The number of nitrogens with zero attached hydrogens (tertiary/aromatic N) is 2. The number of aromatic amines is 1. The number of fused-ring (bicyclic) bond motifs is 1. The summed E-state index contributed by atoms with van der Waals surface area (Å²) in [6.45, 7) is 3.63. The van der Waals surface area contributed by atoms with Crippen LogP contribution in [0.1, 0.15) is 34.9 Å². The molecule has 2 N–H and O–H groups in total. The Balaban J connectivity index is 1.61. The normalized spacial score (nSPS) is 12.2. The minimum atomic E-state index is -0.284. The third kappa shape index (κ3) is 2.86. The van der Waals surface area contributed by atoms with Crippen molar-refractivity contribution in [1.82, 2.24) is 20.4 Å². The van der Waals surface area contributed by atoms with Gasteiger partial charge in [-0.05, 0) is 26.0 Å². The molecule has 2 aromatic carbocycles. The number of benzene rings is 2. The van der Waals surface area contributed by atoms with Gasteiger partial charge in [0.1, 0.15) is 22.8 Å². The first-order valence-electron chi connectivity index (χ1n) is 8.40. The Bertz CT molecular complexity index is 1030. The molecule has 0 saturated heterocycles. The van der Waals surface area contributed by atoms with Gasteiger partial charge in [-0.2, -0.15) is 0 Å². The molecule has 130 valence electrons. The van der Waals surface area contributed by atoms with Crippen molar-refractivity contribution in [2.24, 2.45) is 0 Å². The van der Waals surface area contributed by atoms with Gasteiger partial charge >= 0.3 is 0 Å². The van der Waals surface area contributed by atoms with Crippen LogP contribution in [-0.2, 0) is 0 Å². The fourth-order valence-corrected chi connectivity index (χ4v) is 2.95. The van der Waals surface area contributed by atoms with Crippen molar-refractivity contribution in [2.45, 2.75) is 19.9 Å². The van der Waals surface area contributed by atoms with E-state index in [9.17, 15) is 4.79 Å². The first-order valence-corrected chi connectivity index (χ1v) is 8.40. The van der Waals surface area contributed by atoms with Crippen molar-refractivity contribution in [1.29, 1.82) is 0 Å². The van der Waals surface area contributed by atoms with Gasteiger partial charge in [-0.25, -0.2) is 4.98 Å². The summed E-state index contributed by atoms with van der Waals surface area (Å²) >= 11 is 0. The number of carbonyl (C=O) groups is 1. The summed E-state index contributed by atoms with van der Waals surface area (Å²) in [6.07, 6.45) is 0. The van der Waals surface area contributed by atoms with Crippen LogP contribution in [0.3, 0.4) is 0 Å². The molecule has 0 bridgehead atoms. The highest BCUT2D eigenvalue weighted by Gasteiger charge is 2.23. The fraction of sp³-hybridized carbons (Fsp3) is 0.150. The SMILES string of the molecule is Cc1onc(-c2ccccc2)c1C(=O)N[C@@H](C)c1nc2ccccc2[nH]1.